The molecule has 0 aromatic carbocycles. The highest BCUT2D eigenvalue weighted by molar-refractivity contribution is 7.16. The zero-order chi connectivity index (χ0) is 6.99. The quantitative estimate of drug-likeness (QED) is 0.504. The average molecular weight is 155 g/mol. The van der Waals surface area contributed by atoms with Gasteiger partial charge >= 0.3 is 0 Å². The van der Waals surface area contributed by atoms with Crippen molar-refractivity contribution in [3.8, 4) is 0 Å². The summed E-state index contributed by atoms with van der Waals surface area (Å²) in [7, 11) is 8.41. The minimum Gasteiger partial charge on any atom is -0.412 e. The first-order chi connectivity index (χ1) is 3.65. The standard InChI is InChI=1S/C3H9N.C2H7OP.H2O/c1-4(2)3;3-1-2-4;/h1-3H3;3H,1-2,4H2;1H2. The van der Waals surface area contributed by atoms with E-state index in [9.17, 15) is 0 Å². The Hall–Kier alpha value is 0.310. The van der Waals surface area contributed by atoms with Crippen LogP contribution in [0.4, 0.5) is 0 Å². The van der Waals surface area contributed by atoms with Gasteiger partial charge in [0, 0.05) is 6.61 Å². The monoisotopic (exact) mass is 155 g/mol. The Kier molecular flexibility index (Phi) is 28.3. The summed E-state index contributed by atoms with van der Waals surface area (Å²) in [4.78, 5) is 2.00. The van der Waals surface area contributed by atoms with Crippen LogP contribution in [-0.2, 0) is 0 Å². The van der Waals surface area contributed by atoms with Crippen LogP contribution in [0.3, 0.4) is 0 Å². The van der Waals surface area contributed by atoms with Crippen molar-refractivity contribution in [2.24, 2.45) is 0 Å². The molecule has 0 aromatic heterocycles. The van der Waals surface area contributed by atoms with E-state index in [0.29, 0.717) is 0 Å². The molecule has 3 N–H and O–H groups in total. The van der Waals surface area contributed by atoms with Gasteiger partial charge in [0.15, 0.2) is 0 Å². The fourth-order valence-electron chi connectivity index (χ4n) is 0. The summed E-state index contributed by atoms with van der Waals surface area (Å²) in [6, 6.07) is 0. The first kappa shape index (κ1) is 16.1. The van der Waals surface area contributed by atoms with Crippen molar-refractivity contribution in [2.45, 2.75) is 0 Å². The van der Waals surface area contributed by atoms with Crippen LogP contribution in [0.2, 0.25) is 0 Å². The van der Waals surface area contributed by atoms with E-state index in [4.69, 9.17) is 5.11 Å². The molecule has 0 amide bonds. The Labute approximate surface area is 59.6 Å². The molecule has 0 fully saturated rings. The number of nitrogens with zero attached hydrogens (tertiary/aromatic N) is 1. The van der Waals surface area contributed by atoms with Gasteiger partial charge in [0.05, 0.1) is 0 Å². The van der Waals surface area contributed by atoms with Crippen LogP contribution in [0.15, 0.2) is 0 Å². The van der Waals surface area contributed by atoms with Crippen molar-refractivity contribution in [2.75, 3.05) is 33.9 Å². The summed E-state index contributed by atoms with van der Waals surface area (Å²) in [5.74, 6) is 0. The molecule has 0 spiro atoms. The van der Waals surface area contributed by atoms with Gasteiger partial charge in [-0.3, -0.25) is 0 Å². The normalized spacial score (nSPS) is 7.33. The van der Waals surface area contributed by atoms with Crippen LogP contribution in [0.5, 0.6) is 0 Å². The maximum Gasteiger partial charge on any atom is 0.0465 e. The third kappa shape index (κ3) is 193. The number of aliphatic hydroxyl groups excluding tert-OH is 1. The molecule has 0 saturated carbocycles. The van der Waals surface area contributed by atoms with Crippen molar-refractivity contribution < 1.29 is 10.6 Å². The van der Waals surface area contributed by atoms with Gasteiger partial charge < -0.3 is 15.5 Å². The zero-order valence-corrected chi connectivity index (χ0v) is 7.54. The van der Waals surface area contributed by atoms with Crippen LogP contribution in [0, 0.1) is 0 Å². The van der Waals surface area contributed by atoms with Gasteiger partial charge in [0.2, 0.25) is 0 Å². The van der Waals surface area contributed by atoms with Gasteiger partial charge in [-0.15, -0.1) is 9.24 Å². The largest absolute Gasteiger partial charge is 0.412 e. The summed E-state index contributed by atoms with van der Waals surface area (Å²) in [6.07, 6.45) is 0.792. The Morgan fingerprint density at radius 2 is 1.44 bits per heavy atom. The maximum atomic E-state index is 7.85. The van der Waals surface area contributed by atoms with Crippen LogP contribution in [0.25, 0.3) is 0 Å². The zero-order valence-electron chi connectivity index (χ0n) is 6.39. The Morgan fingerprint density at radius 1 is 1.33 bits per heavy atom. The van der Waals surface area contributed by atoms with Gasteiger partial charge in [0.25, 0.3) is 0 Å². The number of rotatable bonds is 1. The smallest absolute Gasteiger partial charge is 0.0465 e. The molecule has 9 heavy (non-hydrogen) atoms. The highest BCUT2D eigenvalue weighted by Crippen LogP contribution is 1.70. The molecular formula is C5H18NO2P. The topological polar surface area (TPSA) is 55.0 Å². The van der Waals surface area contributed by atoms with E-state index in [0.717, 1.165) is 6.16 Å². The molecule has 4 heteroatoms. The van der Waals surface area contributed by atoms with E-state index in [1.54, 1.807) is 0 Å². The fraction of sp³-hybridized carbons (Fsp3) is 1.00. The maximum absolute atomic E-state index is 7.85. The van der Waals surface area contributed by atoms with Crippen molar-refractivity contribution in [3.63, 3.8) is 0 Å². The lowest BCUT2D eigenvalue weighted by Gasteiger charge is -1.90. The molecule has 3 nitrogen and oxygen atoms in total. The predicted molar refractivity (Wildman–Crippen MR) is 44.9 cm³/mol. The lowest BCUT2D eigenvalue weighted by Crippen LogP contribution is -1.99. The Bertz CT molecular complexity index is 31.4. The third-order valence-electron chi connectivity index (χ3n) is 0.129. The van der Waals surface area contributed by atoms with Gasteiger partial charge in [-0.25, -0.2) is 0 Å². The molecular weight excluding hydrogens is 137 g/mol. The summed E-state index contributed by atoms with van der Waals surface area (Å²) < 4.78 is 0. The molecule has 0 aliphatic carbocycles. The second-order valence-electron chi connectivity index (χ2n) is 1.85. The highest BCUT2D eigenvalue weighted by atomic mass is 31.0. The molecule has 0 saturated heterocycles. The van der Waals surface area contributed by atoms with E-state index in [1.807, 2.05) is 26.0 Å². The molecule has 60 valence electrons. The third-order valence-corrected chi connectivity index (χ3v) is 0.387. The number of hydrogen-bond acceptors (Lipinski definition) is 2. The van der Waals surface area contributed by atoms with Gasteiger partial charge in [-0.05, 0) is 27.3 Å². The van der Waals surface area contributed by atoms with Crippen LogP contribution >= 0.6 is 9.24 Å². The summed E-state index contributed by atoms with van der Waals surface area (Å²) >= 11 is 0. The van der Waals surface area contributed by atoms with Crippen molar-refractivity contribution >= 4 is 9.24 Å². The van der Waals surface area contributed by atoms with E-state index in [-0.39, 0.29) is 12.1 Å². The van der Waals surface area contributed by atoms with Crippen LogP contribution < -0.4 is 0 Å². The van der Waals surface area contributed by atoms with E-state index >= 15 is 0 Å². The summed E-state index contributed by atoms with van der Waals surface area (Å²) in [6.45, 7) is 0.282. The molecule has 0 radical (unpaired) electrons. The summed E-state index contributed by atoms with van der Waals surface area (Å²) in [5, 5.41) is 7.85. The first-order valence-corrected chi connectivity index (χ1v) is 3.38. The van der Waals surface area contributed by atoms with Crippen LogP contribution in [0.1, 0.15) is 0 Å². The van der Waals surface area contributed by atoms with Crippen LogP contribution in [-0.4, -0.2) is 49.4 Å². The molecule has 0 aliphatic rings. The minimum absolute atomic E-state index is 0. The van der Waals surface area contributed by atoms with Gasteiger partial charge in [0.1, 0.15) is 0 Å². The Morgan fingerprint density at radius 3 is 1.44 bits per heavy atom. The second kappa shape index (κ2) is 15.7. The molecule has 1 atom stereocenters. The lowest BCUT2D eigenvalue weighted by atomic mass is 10.9. The summed E-state index contributed by atoms with van der Waals surface area (Å²) in [5.41, 5.74) is 0. The number of aliphatic hydroxyl groups is 1. The Balaban J connectivity index is -0.0000000720. The van der Waals surface area contributed by atoms with E-state index in [2.05, 4.69) is 9.24 Å². The van der Waals surface area contributed by atoms with Gasteiger partial charge in [-0.1, -0.05) is 0 Å². The lowest BCUT2D eigenvalue weighted by molar-refractivity contribution is 0.322. The molecule has 0 aromatic rings. The molecule has 0 heterocycles. The van der Waals surface area contributed by atoms with Gasteiger partial charge in [-0.2, -0.15) is 0 Å². The SMILES string of the molecule is CN(C)C.O.OCCP. The molecule has 0 rings (SSSR count). The first-order valence-electron chi connectivity index (χ1n) is 2.57. The number of hydrogen-bond donors (Lipinski definition) is 1. The minimum atomic E-state index is 0. The van der Waals surface area contributed by atoms with E-state index in [1.165, 1.54) is 0 Å². The van der Waals surface area contributed by atoms with Crippen molar-refractivity contribution in [3.05, 3.63) is 0 Å². The fourth-order valence-corrected chi connectivity index (χ4v) is 0. The highest BCUT2D eigenvalue weighted by Gasteiger charge is 1.58. The molecule has 1 unspecified atom stereocenters. The van der Waals surface area contributed by atoms with Crippen molar-refractivity contribution in [1.82, 2.24) is 4.90 Å². The molecule has 0 aliphatic heterocycles. The van der Waals surface area contributed by atoms with E-state index < -0.39 is 0 Å². The average Bonchev–Trinajstić information content (AvgIpc) is 1.65. The van der Waals surface area contributed by atoms with Crippen molar-refractivity contribution in [1.29, 1.82) is 0 Å². The predicted octanol–water partition coefficient (Wildman–Crippen LogP) is -0.793. The molecule has 0 bridgehead atoms. The second-order valence-corrected chi connectivity index (χ2v) is 2.43.